The quantitative estimate of drug-likeness (QED) is 0.622. The van der Waals surface area contributed by atoms with Crippen LogP contribution in [0.25, 0.3) is 5.57 Å². The average Bonchev–Trinajstić information content (AvgIpc) is 2.71. The van der Waals surface area contributed by atoms with Gasteiger partial charge in [-0.1, -0.05) is 85.5 Å². The van der Waals surface area contributed by atoms with Crippen LogP contribution in [-0.2, 0) is 11.3 Å². The highest BCUT2D eigenvalue weighted by Crippen LogP contribution is 2.37. The summed E-state index contributed by atoms with van der Waals surface area (Å²) in [7, 11) is -1.28. The Balaban J connectivity index is 1.49. The Bertz CT molecular complexity index is 883. The minimum Gasteiger partial charge on any atom is -0.445 e. The molecule has 0 saturated carbocycles. The first kappa shape index (κ1) is 20.0. The molecular weight excluding hydrogens is 374 g/mol. The van der Waals surface area contributed by atoms with Gasteiger partial charge >= 0.3 is 6.09 Å². The molecule has 4 rings (SSSR count). The van der Waals surface area contributed by atoms with Gasteiger partial charge in [-0.3, -0.25) is 4.90 Å². The van der Waals surface area contributed by atoms with E-state index in [1.165, 1.54) is 22.7 Å². The second-order valence-corrected chi connectivity index (χ2v) is 14.4. The summed E-state index contributed by atoms with van der Waals surface area (Å²) in [4.78, 5) is 14.9. The first-order chi connectivity index (χ1) is 13.9. The van der Waals surface area contributed by atoms with E-state index in [1.807, 2.05) is 35.2 Å². The van der Waals surface area contributed by atoms with Crippen molar-refractivity contribution in [1.82, 2.24) is 4.90 Å². The van der Waals surface area contributed by atoms with Crippen LogP contribution < -0.4 is 5.19 Å². The number of nitrogens with zero attached hydrogens (tertiary/aromatic N) is 1. The molecule has 2 atom stereocenters. The average molecular weight is 406 g/mol. The molecule has 29 heavy (non-hydrogen) atoms. The number of fused-ring (bicyclic) bond motifs is 2. The van der Waals surface area contributed by atoms with E-state index in [0.29, 0.717) is 6.61 Å². The summed E-state index contributed by atoms with van der Waals surface area (Å²) in [5.74, 6) is 0. The van der Waals surface area contributed by atoms with Gasteiger partial charge in [0.25, 0.3) is 0 Å². The van der Waals surface area contributed by atoms with Gasteiger partial charge in [-0.15, -0.1) is 0 Å². The molecule has 3 nitrogen and oxygen atoms in total. The molecular formula is C25H31NO2Si. The molecule has 2 aliphatic rings. The molecule has 2 bridgehead atoms. The summed E-state index contributed by atoms with van der Waals surface area (Å²) < 4.78 is 5.66. The lowest BCUT2D eigenvalue weighted by atomic mass is 9.83. The third-order valence-corrected chi connectivity index (χ3v) is 8.24. The molecule has 1 amide bonds. The van der Waals surface area contributed by atoms with E-state index in [-0.39, 0.29) is 18.2 Å². The van der Waals surface area contributed by atoms with Gasteiger partial charge in [-0.25, -0.2) is 4.79 Å². The Morgan fingerprint density at radius 1 is 1.03 bits per heavy atom. The Morgan fingerprint density at radius 2 is 1.76 bits per heavy atom. The van der Waals surface area contributed by atoms with Crippen LogP contribution in [0, 0.1) is 0 Å². The van der Waals surface area contributed by atoms with Crippen molar-refractivity contribution in [2.24, 2.45) is 0 Å². The molecule has 0 radical (unpaired) electrons. The standard InChI is InChI=1S/C25H31NO2Si/c1-29(2,3)24-14-12-20(13-15-24)21-16-22-10-7-11-23(17-21)26(22)25(27)28-18-19-8-5-4-6-9-19/h4-6,8-9,12-16,22-23H,7,10-11,17-18H2,1-3H3. The normalized spacial score (nSPS) is 21.5. The molecule has 2 unspecified atom stereocenters. The van der Waals surface area contributed by atoms with E-state index in [0.717, 1.165) is 24.8 Å². The third-order valence-electron chi connectivity index (χ3n) is 6.17. The summed E-state index contributed by atoms with van der Waals surface area (Å²) in [6.07, 6.45) is 6.31. The third kappa shape index (κ3) is 4.48. The predicted molar refractivity (Wildman–Crippen MR) is 122 cm³/mol. The topological polar surface area (TPSA) is 29.5 Å². The van der Waals surface area contributed by atoms with Crippen molar-refractivity contribution in [3.63, 3.8) is 0 Å². The molecule has 2 aromatic carbocycles. The molecule has 1 fully saturated rings. The van der Waals surface area contributed by atoms with Crippen LogP contribution in [-0.4, -0.2) is 31.2 Å². The van der Waals surface area contributed by atoms with Gasteiger partial charge in [0.2, 0.25) is 0 Å². The van der Waals surface area contributed by atoms with Crippen molar-refractivity contribution in [2.45, 2.75) is 64.0 Å². The zero-order valence-electron chi connectivity index (χ0n) is 17.7. The number of hydrogen-bond acceptors (Lipinski definition) is 2. The maximum Gasteiger partial charge on any atom is 0.410 e. The maximum absolute atomic E-state index is 12.9. The number of rotatable bonds is 4. The van der Waals surface area contributed by atoms with E-state index in [9.17, 15) is 4.79 Å². The lowest BCUT2D eigenvalue weighted by Crippen LogP contribution is -2.51. The van der Waals surface area contributed by atoms with Crippen LogP contribution >= 0.6 is 0 Å². The maximum atomic E-state index is 12.9. The van der Waals surface area contributed by atoms with Crippen molar-refractivity contribution in [3.8, 4) is 0 Å². The zero-order valence-corrected chi connectivity index (χ0v) is 18.7. The summed E-state index contributed by atoms with van der Waals surface area (Å²) >= 11 is 0. The smallest absolute Gasteiger partial charge is 0.410 e. The van der Waals surface area contributed by atoms with Crippen molar-refractivity contribution in [1.29, 1.82) is 0 Å². The summed E-state index contributed by atoms with van der Waals surface area (Å²) in [5.41, 5.74) is 3.72. The lowest BCUT2D eigenvalue weighted by Gasteiger charge is -2.44. The molecule has 152 valence electrons. The van der Waals surface area contributed by atoms with Crippen molar-refractivity contribution in [3.05, 3.63) is 71.8 Å². The highest BCUT2D eigenvalue weighted by molar-refractivity contribution is 6.88. The molecule has 2 heterocycles. The van der Waals surface area contributed by atoms with Gasteiger partial charge in [0.05, 0.1) is 14.1 Å². The van der Waals surface area contributed by atoms with Crippen LogP contribution in [0.1, 0.15) is 36.8 Å². The van der Waals surface area contributed by atoms with Gasteiger partial charge in [0.15, 0.2) is 0 Å². The Hall–Kier alpha value is -2.33. The minimum absolute atomic E-state index is 0.150. The van der Waals surface area contributed by atoms with Crippen LogP contribution in [0.15, 0.2) is 60.7 Å². The molecule has 2 aromatic rings. The molecule has 0 aliphatic carbocycles. The molecule has 0 N–H and O–H groups in total. The van der Waals surface area contributed by atoms with Crippen LogP contribution in [0.2, 0.25) is 19.6 Å². The second kappa shape index (κ2) is 8.19. The van der Waals surface area contributed by atoms with Gasteiger partial charge in [-0.05, 0) is 42.4 Å². The highest BCUT2D eigenvalue weighted by Gasteiger charge is 2.38. The monoisotopic (exact) mass is 405 g/mol. The van der Waals surface area contributed by atoms with Gasteiger partial charge in [-0.2, -0.15) is 0 Å². The van der Waals surface area contributed by atoms with Crippen molar-refractivity contribution < 1.29 is 9.53 Å². The summed E-state index contributed by atoms with van der Waals surface area (Å²) in [6.45, 7) is 7.48. The first-order valence-corrected chi connectivity index (χ1v) is 14.2. The van der Waals surface area contributed by atoms with E-state index in [2.05, 4.69) is 50.0 Å². The first-order valence-electron chi connectivity index (χ1n) is 10.7. The fraction of sp³-hybridized carbons (Fsp3) is 0.400. The number of carbonyl (C=O) groups is 1. The molecule has 0 spiro atoms. The van der Waals surface area contributed by atoms with E-state index in [4.69, 9.17) is 4.74 Å². The van der Waals surface area contributed by atoms with Crippen molar-refractivity contribution >= 4 is 24.9 Å². The largest absolute Gasteiger partial charge is 0.445 e. The number of carbonyl (C=O) groups excluding carboxylic acids is 1. The van der Waals surface area contributed by atoms with Crippen LogP contribution in [0.3, 0.4) is 0 Å². The summed E-state index contributed by atoms with van der Waals surface area (Å²) in [6, 6.07) is 19.5. The van der Waals surface area contributed by atoms with Gasteiger partial charge in [0.1, 0.15) is 6.61 Å². The second-order valence-electron chi connectivity index (χ2n) is 9.32. The van der Waals surface area contributed by atoms with Crippen LogP contribution in [0.4, 0.5) is 4.79 Å². The minimum atomic E-state index is -1.28. The lowest BCUT2D eigenvalue weighted by molar-refractivity contribution is 0.0510. The van der Waals surface area contributed by atoms with Crippen molar-refractivity contribution in [2.75, 3.05) is 0 Å². The number of amides is 1. The summed E-state index contributed by atoms with van der Waals surface area (Å²) in [5, 5.41) is 1.49. The zero-order chi connectivity index (χ0) is 20.4. The number of ether oxygens (including phenoxy) is 1. The highest BCUT2D eigenvalue weighted by atomic mass is 28.3. The molecule has 0 aromatic heterocycles. The molecule has 2 aliphatic heterocycles. The fourth-order valence-electron chi connectivity index (χ4n) is 4.51. The number of piperidine rings is 1. The SMILES string of the molecule is C[Si](C)(C)c1ccc(C2=CC3CCCC(C2)N3C(=O)OCc2ccccc2)cc1. The van der Waals surface area contributed by atoms with Gasteiger partial charge < -0.3 is 4.74 Å². The van der Waals surface area contributed by atoms with E-state index in [1.54, 1.807) is 0 Å². The predicted octanol–water partition coefficient (Wildman–Crippen LogP) is 5.58. The van der Waals surface area contributed by atoms with E-state index >= 15 is 0 Å². The Kier molecular flexibility index (Phi) is 5.64. The Morgan fingerprint density at radius 3 is 2.41 bits per heavy atom. The molecule has 1 saturated heterocycles. The van der Waals surface area contributed by atoms with Gasteiger partial charge in [0, 0.05) is 6.04 Å². The fourth-order valence-corrected chi connectivity index (χ4v) is 5.67. The van der Waals surface area contributed by atoms with Crippen LogP contribution in [0.5, 0.6) is 0 Å². The molecule has 4 heteroatoms. The van der Waals surface area contributed by atoms with E-state index < -0.39 is 8.07 Å². The number of benzene rings is 2. The Labute approximate surface area is 175 Å². The number of hydrogen-bond donors (Lipinski definition) is 0.